The Morgan fingerprint density at radius 2 is 1.54 bits per heavy atom. The van der Waals surface area contributed by atoms with Crippen LogP contribution in [0.25, 0.3) is 0 Å². The molecule has 0 bridgehead atoms. The molecule has 144 valence electrons. The van der Waals surface area contributed by atoms with Crippen LogP contribution in [0.1, 0.15) is 27.6 Å². The van der Waals surface area contributed by atoms with E-state index in [2.05, 4.69) is 10.6 Å². The van der Waals surface area contributed by atoms with Crippen molar-refractivity contribution >= 4 is 29.3 Å². The number of hydrogen-bond donors (Lipinski definition) is 2. The van der Waals surface area contributed by atoms with E-state index in [0.717, 1.165) is 4.90 Å². The van der Waals surface area contributed by atoms with Crippen LogP contribution in [0.15, 0.2) is 48.5 Å². The largest absolute Gasteiger partial charge is 0.484 e. The van der Waals surface area contributed by atoms with Gasteiger partial charge in [0.2, 0.25) is 5.91 Å². The SMILES string of the molecule is CCNC(=O)COc1ccc(NC(=O)CN2C(=O)c3ccccc3C2=O)cc1. The molecule has 1 aliphatic heterocycles. The van der Waals surface area contributed by atoms with E-state index in [-0.39, 0.29) is 19.1 Å². The van der Waals surface area contributed by atoms with Gasteiger partial charge in [0.15, 0.2) is 6.61 Å². The summed E-state index contributed by atoms with van der Waals surface area (Å²) in [6.45, 7) is 1.87. The molecule has 0 unspecified atom stereocenters. The van der Waals surface area contributed by atoms with Crippen LogP contribution in [-0.2, 0) is 9.59 Å². The van der Waals surface area contributed by atoms with Gasteiger partial charge in [0.25, 0.3) is 17.7 Å². The van der Waals surface area contributed by atoms with Gasteiger partial charge >= 0.3 is 0 Å². The Morgan fingerprint density at radius 3 is 2.11 bits per heavy atom. The van der Waals surface area contributed by atoms with Gasteiger partial charge in [-0.1, -0.05) is 12.1 Å². The van der Waals surface area contributed by atoms with Crippen LogP contribution >= 0.6 is 0 Å². The van der Waals surface area contributed by atoms with E-state index in [1.165, 1.54) is 0 Å². The lowest BCUT2D eigenvalue weighted by Crippen LogP contribution is -2.37. The van der Waals surface area contributed by atoms with Crippen molar-refractivity contribution in [2.24, 2.45) is 0 Å². The number of carbonyl (C=O) groups is 4. The molecular formula is C20H19N3O5. The number of amides is 4. The fourth-order valence-electron chi connectivity index (χ4n) is 2.76. The zero-order chi connectivity index (χ0) is 20.1. The van der Waals surface area contributed by atoms with Crippen LogP contribution in [0, 0.1) is 0 Å². The lowest BCUT2D eigenvalue weighted by Gasteiger charge is -2.14. The van der Waals surface area contributed by atoms with Gasteiger partial charge in [-0.15, -0.1) is 0 Å². The Bertz CT molecular complexity index is 889. The third kappa shape index (κ3) is 4.17. The molecule has 8 nitrogen and oxygen atoms in total. The number of rotatable bonds is 7. The summed E-state index contributed by atoms with van der Waals surface area (Å²) in [7, 11) is 0. The number of carbonyl (C=O) groups excluding carboxylic acids is 4. The Labute approximate surface area is 161 Å². The maximum atomic E-state index is 12.3. The normalized spacial score (nSPS) is 12.5. The zero-order valence-electron chi connectivity index (χ0n) is 15.2. The van der Waals surface area contributed by atoms with Gasteiger partial charge in [0.1, 0.15) is 12.3 Å². The maximum absolute atomic E-state index is 12.3. The second-order valence-electron chi connectivity index (χ2n) is 6.06. The first-order valence-corrected chi connectivity index (χ1v) is 8.74. The number of benzene rings is 2. The molecule has 0 aliphatic carbocycles. The summed E-state index contributed by atoms with van der Waals surface area (Å²) >= 11 is 0. The van der Waals surface area contributed by atoms with Crippen LogP contribution in [0.2, 0.25) is 0 Å². The average Bonchev–Trinajstić information content (AvgIpc) is 2.93. The second kappa shape index (κ2) is 8.34. The van der Waals surface area contributed by atoms with Crippen LogP contribution in [0.5, 0.6) is 5.75 Å². The third-order valence-electron chi connectivity index (χ3n) is 4.06. The zero-order valence-corrected chi connectivity index (χ0v) is 15.2. The maximum Gasteiger partial charge on any atom is 0.262 e. The second-order valence-corrected chi connectivity index (χ2v) is 6.06. The molecule has 0 saturated carbocycles. The molecule has 2 aromatic carbocycles. The van der Waals surface area contributed by atoms with E-state index in [1.54, 1.807) is 48.5 Å². The first-order valence-electron chi connectivity index (χ1n) is 8.74. The quantitative estimate of drug-likeness (QED) is 0.706. The van der Waals surface area contributed by atoms with Crippen molar-refractivity contribution in [1.29, 1.82) is 0 Å². The van der Waals surface area contributed by atoms with Gasteiger partial charge in [-0.3, -0.25) is 24.1 Å². The fraction of sp³-hybridized carbons (Fsp3) is 0.200. The van der Waals surface area contributed by atoms with Crippen molar-refractivity contribution in [3.8, 4) is 5.75 Å². The summed E-state index contributed by atoms with van der Waals surface area (Å²) in [6.07, 6.45) is 0. The lowest BCUT2D eigenvalue weighted by molar-refractivity contribution is -0.123. The van der Waals surface area contributed by atoms with Crippen molar-refractivity contribution < 1.29 is 23.9 Å². The molecule has 2 N–H and O–H groups in total. The summed E-state index contributed by atoms with van der Waals surface area (Å²) in [5.74, 6) is -1.20. The molecule has 0 radical (unpaired) electrons. The van der Waals surface area contributed by atoms with E-state index < -0.39 is 17.7 Å². The first kappa shape index (κ1) is 19.1. The Hall–Kier alpha value is -3.68. The van der Waals surface area contributed by atoms with Crippen molar-refractivity contribution in [2.75, 3.05) is 25.0 Å². The van der Waals surface area contributed by atoms with E-state index in [1.807, 2.05) is 6.92 Å². The Morgan fingerprint density at radius 1 is 0.929 bits per heavy atom. The van der Waals surface area contributed by atoms with Crippen molar-refractivity contribution in [3.63, 3.8) is 0 Å². The third-order valence-corrected chi connectivity index (χ3v) is 4.06. The van der Waals surface area contributed by atoms with Gasteiger partial charge < -0.3 is 15.4 Å². The number of hydrogen-bond acceptors (Lipinski definition) is 5. The predicted octanol–water partition coefficient (Wildman–Crippen LogP) is 1.44. The van der Waals surface area contributed by atoms with Gasteiger partial charge in [-0.2, -0.15) is 0 Å². The minimum Gasteiger partial charge on any atom is -0.484 e. The molecule has 1 aliphatic rings. The molecule has 0 aromatic heterocycles. The van der Waals surface area contributed by atoms with Crippen LogP contribution in [0.3, 0.4) is 0 Å². The molecule has 0 saturated heterocycles. The van der Waals surface area contributed by atoms with Crippen LogP contribution in [-0.4, -0.2) is 48.2 Å². The van der Waals surface area contributed by atoms with E-state index in [0.29, 0.717) is 29.1 Å². The number of ether oxygens (including phenoxy) is 1. The smallest absolute Gasteiger partial charge is 0.262 e. The summed E-state index contributed by atoms with van der Waals surface area (Å²) in [5.41, 5.74) is 1.08. The number of imide groups is 1. The van der Waals surface area contributed by atoms with E-state index in [9.17, 15) is 19.2 Å². The summed E-state index contributed by atoms with van der Waals surface area (Å²) in [6, 6.07) is 12.9. The summed E-state index contributed by atoms with van der Waals surface area (Å²) in [5, 5.41) is 5.25. The van der Waals surface area contributed by atoms with Crippen LogP contribution in [0.4, 0.5) is 5.69 Å². The topological polar surface area (TPSA) is 105 Å². The van der Waals surface area contributed by atoms with E-state index in [4.69, 9.17) is 4.74 Å². The molecule has 0 spiro atoms. The number of nitrogens with one attached hydrogen (secondary N) is 2. The summed E-state index contributed by atoms with van der Waals surface area (Å²) < 4.78 is 5.33. The number of likely N-dealkylation sites (N-methyl/N-ethyl adjacent to an activating group) is 1. The molecule has 3 rings (SSSR count). The highest BCUT2D eigenvalue weighted by Crippen LogP contribution is 2.22. The van der Waals surface area contributed by atoms with Crippen molar-refractivity contribution in [2.45, 2.75) is 6.92 Å². The molecule has 4 amide bonds. The average molecular weight is 381 g/mol. The van der Waals surface area contributed by atoms with Crippen LogP contribution < -0.4 is 15.4 Å². The van der Waals surface area contributed by atoms with Gasteiger partial charge in [-0.25, -0.2) is 0 Å². The fourth-order valence-corrected chi connectivity index (χ4v) is 2.76. The highest BCUT2D eigenvalue weighted by Gasteiger charge is 2.36. The van der Waals surface area contributed by atoms with Crippen molar-refractivity contribution in [1.82, 2.24) is 10.2 Å². The highest BCUT2D eigenvalue weighted by atomic mass is 16.5. The monoisotopic (exact) mass is 381 g/mol. The molecular weight excluding hydrogens is 362 g/mol. The standard InChI is InChI=1S/C20H19N3O5/c1-2-21-18(25)12-28-14-9-7-13(8-10-14)22-17(24)11-23-19(26)15-5-3-4-6-16(15)20(23)27/h3-10H,2,11-12H2,1H3,(H,21,25)(H,22,24). The molecule has 28 heavy (non-hydrogen) atoms. The summed E-state index contributed by atoms with van der Waals surface area (Å²) in [4.78, 5) is 49.1. The molecule has 2 aromatic rings. The molecule has 1 heterocycles. The predicted molar refractivity (Wildman–Crippen MR) is 101 cm³/mol. The van der Waals surface area contributed by atoms with Crippen molar-refractivity contribution in [3.05, 3.63) is 59.7 Å². The van der Waals surface area contributed by atoms with Gasteiger partial charge in [-0.05, 0) is 43.3 Å². The minimum atomic E-state index is -0.495. The Balaban J connectivity index is 1.55. The number of fused-ring (bicyclic) bond motifs is 1. The first-order chi connectivity index (χ1) is 13.5. The molecule has 0 fully saturated rings. The molecule has 0 atom stereocenters. The number of anilines is 1. The van der Waals surface area contributed by atoms with Gasteiger partial charge in [0, 0.05) is 12.2 Å². The van der Waals surface area contributed by atoms with E-state index >= 15 is 0 Å². The van der Waals surface area contributed by atoms with Gasteiger partial charge in [0.05, 0.1) is 11.1 Å². The highest BCUT2D eigenvalue weighted by molar-refractivity contribution is 6.22. The number of nitrogens with zero attached hydrogens (tertiary/aromatic N) is 1. The minimum absolute atomic E-state index is 0.0979. The lowest BCUT2D eigenvalue weighted by atomic mass is 10.1. The molecule has 8 heteroatoms. The Kier molecular flexibility index (Phi) is 5.69.